The molecule has 0 bridgehead atoms. The molecule has 3 rings (SSSR count). The van der Waals surface area contributed by atoms with Gasteiger partial charge in [0.25, 0.3) is 5.91 Å². The van der Waals surface area contributed by atoms with Crippen molar-refractivity contribution in [2.75, 3.05) is 6.54 Å². The van der Waals surface area contributed by atoms with Gasteiger partial charge in [0, 0.05) is 24.5 Å². The van der Waals surface area contributed by atoms with Crippen LogP contribution in [0, 0.1) is 0 Å². The summed E-state index contributed by atoms with van der Waals surface area (Å²) in [5.74, 6) is -0.309. The maximum atomic E-state index is 13.0. The highest BCUT2D eigenvalue weighted by atomic mass is 32.2. The lowest BCUT2D eigenvalue weighted by molar-refractivity contribution is 0.0953. The average Bonchev–Trinajstić information content (AvgIpc) is 3.19. The monoisotopic (exact) mass is 372 g/mol. The van der Waals surface area contributed by atoms with Gasteiger partial charge in [0.05, 0.1) is 0 Å². The summed E-state index contributed by atoms with van der Waals surface area (Å²) in [5.41, 5.74) is 1.03. The van der Waals surface area contributed by atoms with Crippen molar-refractivity contribution in [1.82, 2.24) is 10.3 Å². The number of carbonyl (C=O) groups is 1. The van der Waals surface area contributed by atoms with Crippen LogP contribution in [-0.4, -0.2) is 25.9 Å². The van der Waals surface area contributed by atoms with Crippen molar-refractivity contribution in [3.63, 3.8) is 0 Å². The van der Waals surface area contributed by atoms with E-state index in [9.17, 15) is 13.2 Å². The van der Waals surface area contributed by atoms with Crippen LogP contribution in [0.1, 0.15) is 21.2 Å². The number of sulfone groups is 1. The van der Waals surface area contributed by atoms with E-state index in [2.05, 4.69) is 10.3 Å². The molecule has 5 nitrogen and oxygen atoms in total. The Labute approximate surface area is 150 Å². The lowest BCUT2D eigenvalue weighted by Crippen LogP contribution is -2.31. The molecular weight excluding hydrogens is 356 g/mol. The normalized spacial score (nSPS) is 12.5. The van der Waals surface area contributed by atoms with Crippen LogP contribution in [-0.2, 0) is 9.84 Å². The van der Waals surface area contributed by atoms with Crippen molar-refractivity contribution < 1.29 is 13.2 Å². The van der Waals surface area contributed by atoms with Gasteiger partial charge in [-0.1, -0.05) is 30.3 Å². The first-order chi connectivity index (χ1) is 12.1. The Morgan fingerprint density at radius 1 is 1.08 bits per heavy atom. The van der Waals surface area contributed by atoms with Crippen molar-refractivity contribution >= 4 is 27.1 Å². The van der Waals surface area contributed by atoms with E-state index in [4.69, 9.17) is 0 Å². The molecule has 128 valence electrons. The number of hydrogen-bond donors (Lipinski definition) is 1. The first-order valence-corrected chi connectivity index (χ1v) is 10.0. The molecule has 0 fully saturated rings. The number of rotatable bonds is 6. The predicted octanol–water partition coefficient (Wildman–Crippen LogP) is 3.09. The molecule has 7 heteroatoms. The summed E-state index contributed by atoms with van der Waals surface area (Å²) in [6.45, 7) is -0.0281. The molecule has 0 radical (unpaired) electrons. The molecule has 2 aromatic heterocycles. The Kier molecular flexibility index (Phi) is 5.25. The van der Waals surface area contributed by atoms with Gasteiger partial charge in [0.2, 0.25) is 0 Å². The molecule has 0 saturated heterocycles. The minimum absolute atomic E-state index is 0.0281. The number of nitrogens with zero attached hydrogens (tertiary/aromatic N) is 1. The fourth-order valence-electron chi connectivity index (χ4n) is 2.42. The quantitative estimate of drug-likeness (QED) is 0.721. The molecule has 1 aromatic carbocycles. The highest BCUT2D eigenvalue weighted by molar-refractivity contribution is 7.93. The third-order valence-electron chi connectivity index (χ3n) is 3.69. The van der Waals surface area contributed by atoms with Crippen LogP contribution in [0.4, 0.5) is 0 Å². The first-order valence-electron chi connectivity index (χ1n) is 7.59. The Morgan fingerprint density at radius 3 is 2.52 bits per heavy atom. The number of pyridine rings is 1. The van der Waals surface area contributed by atoms with Gasteiger partial charge in [-0.15, -0.1) is 11.3 Å². The molecule has 1 N–H and O–H groups in total. The van der Waals surface area contributed by atoms with E-state index in [0.717, 1.165) is 11.3 Å². The summed E-state index contributed by atoms with van der Waals surface area (Å²) in [6, 6.07) is 15.4. The molecule has 3 aromatic rings. The van der Waals surface area contributed by atoms with Crippen LogP contribution >= 0.6 is 11.3 Å². The van der Waals surface area contributed by atoms with E-state index in [1.807, 2.05) is 6.07 Å². The summed E-state index contributed by atoms with van der Waals surface area (Å²) in [4.78, 5) is 16.3. The van der Waals surface area contributed by atoms with Crippen molar-refractivity contribution in [1.29, 1.82) is 0 Å². The summed E-state index contributed by atoms with van der Waals surface area (Å²) in [7, 11) is -3.62. The second-order valence-corrected chi connectivity index (χ2v) is 8.63. The topological polar surface area (TPSA) is 76.1 Å². The van der Waals surface area contributed by atoms with Gasteiger partial charge in [-0.3, -0.25) is 9.78 Å². The summed E-state index contributed by atoms with van der Waals surface area (Å²) >= 11 is 1.16. The van der Waals surface area contributed by atoms with Crippen LogP contribution < -0.4 is 5.32 Å². The van der Waals surface area contributed by atoms with Crippen molar-refractivity contribution in [2.45, 2.75) is 9.46 Å². The van der Waals surface area contributed by atoms with Gasteiger partial charge >= 0.3 is 0 Å². The highest BCUT2D eigenvalue weighted by Gasteiger charge is 2.30. The second-order valence-electron chi connectivity index (χ2n) is 5.33. The maximum Gasteiger partial charge on any atom is 0.251 e. The number of benzene rings is 1. The van der Waals surface area contributed by atoms with E-state index >= 15 is 0 Å². The van der Waals surface area contributed by atoms with E-state index in [1.165, 1.54) is 6.20 Å². The van der Waals surface area contributed by atoms with Crippen molar-refractivity contribution in [3.05, 3.63) is 83.5 Å². The fraction of sp³-hybridized carbons (Fsp3) is 0.111. The van der Waals surface area contributed by atoms with Crippen LogP contribution in [0.15, 0.2) is 76.6 Å². The third-order valence-corrected chi connectivity index (χ3v) is 7.22. The van der Waals surface area contributed by atoms with E-state index in [1.54, 1.807) is 60.1 Å². The number of amides is 1. The Hall–Kier alpha value is -2.51. The molecule has 0 aliphatic rings. The van der Waals surface area contributed by atoms with Crippen LogP contribution in [0.5, 0.6) is 0 Å². The zero-order valence-corrected chi connectivity index (χ0v) is 14.8. The number of carbonyl (C=O) groups excluding carboxylic acids is 1. The van der Waals surface area contributed by atoms with Gasteiger partial charge in [-0.25, -0.2) is 8.42 Å². The lowest BCUT2D eigenvalue weighted by Gasteiger charge is -2.17. The molecule has 2 heterocycles. The minimum Gasteiger partial charge on any atom is -0.350 e. The number of hydrogen-bond acceptors (Lipinski definition) is 5. The highest BCUT2D eigenvalue weighted by Crippen LogP contribution is 2.30. The number of nitrogens with one attached hydrogen (secondary N) is 1. The molecule has 0 aliphatic heterocycles. The lowest BCUT2D eigenvalue weighted by atomic mass is 10.2. The van der Waals surface area contributed by atoms with E-state index < -0.39 is 15.1 Å². The molecule has 1 amide bonds. The Balaban J connectivity index is 1.87. The number of thiophene rings is 1. The summed E-state index contributed by atoms with van der Waals surface area (Å²) in [6.07, 6.45) is 3.10. The molecular formula is C18H16N2O3S2. The first kappa shape index (κ1) is 17.3. The SMILES string of the molecule is O=C(NC[C@@H](c1cccnc1)S(=O)(=O)c1cccs1)c1ccccc1. The number of aromatic nitrogens is 1. The van der Waals surface area contributed by atoms with Gasteiger partial charge in [-0.05, 0) is 35.2 Å². The molecule has 25 heavy (non-hydrogen) atoms. The van der Waals surface area contributed by atoms with E-state index in [-0.39, 0.29) is 16.7 Å². The Morgan fingerprint density at radius 2 is 1.88 bits per heavy atom. The molecule has 0 spiro atoms. The molecule has 0 saturated carbocycles. The van der Waals surface area contributed by atoms with Crippen LogP contribution in [0.3, 0.4) is 0 Å². The van der Waals surface area contributed by atoms with Gasteiger partial charge in [0.1, 0.15) is 9.46 Å². The largest absolute Gasteiger partial charge is 0.350 e. The smallest absolute Gasteiger partial charge is 0.251 e. The fourth-order valence-corrected chi connectivity index (χ4v) is 5.26. The van der Waals surface area contributed by atoms with Crippen LogP contribution in [0.25, 0.3) is 0 Å². The van der Waals surface area contributed by atoms with Crippen molar-refractivity contribution in [3.8, 4) is 0 Å². The van der Waals surface area contributed by atoms with Crippen molar-refractivity contribution in [2.24, 2.45) is 0 Å². The maximum absolute atomic E-state index is 13.0. The second kappa shape index (κ2) is 7.58. The third kappa shape index (κ3) is 3.94. The standard InChI is InChI=1S/C18H16N2O3S2/c21-18(14-6-2-1-3-7-14)20-13-16(15-8-4-10-19-12-15)25(22,23)17-9-5-11-24-17/h1-12,16H,13H2,(H,20,21)/t16-/m0/s1. The summed E-state index contributed by atoms with van der Waals surface area (Å²) in [5, 5.41) is 3.55. The zero-order chi connectivity index (χ0) is 17.7. The zero-order valence-electron chi connectivity index (χ0n) is 13.2. The van der Waals surface area contributed by atoms with Gasteiger partial charge in [-0.2, -0.15) is 0 Å². The molecule has 0 aliphatic carbocycles. The average molecular weight is 372 g/mol. The molecule has 1 atom stereocenters. The summed E-state index contributed by atoms with van der Waals surface area (Å²) < 4.78 is 26.2. The predicted molar refractivity (Wildman–Crippen MR) is 97.3 cm³/mol. The van der Waals surface area contributed by atoms with Gasteiger partial charge in [0.15, 0.2) is 9.84 Å². The molecule has 0 unspecified atom stereocenters. The van der Waals surface area contributed by atoms with E-state index in [0.29, 0.717) is 11.1 Å². The van der Waals surface area contributed by atoms with Gasteiger partial charge < -0.3 is 5.32 Å². The Bertz CT molecular complexity index is 925. The minimum atomic E-state index is -3.62. The van der Waals surface area contributed by atoms with Crippen LogP contribution in [0.2, 0.25) is 0 Å².